The first-order valence-corrected chi connectivity index (χ1v) is 12.1. The Labute approximate surface area is 216 Å². The number of fused-ring (bicyclic) bond motifs is 2. The SMILES string of the molecule is CC(=O)N1C(C)Cc2cc(Nc3ncc4c(=N)n(-c5c(Cl)cccc5Cl)c(=O)[nH]c4n3)ccc2C1C. The molecule has 1 aliphatic rings. The van der Waals surface area contributed by atoms with Gasteiger partial charge in [0, 0.05) is 24.8 Å². The van der Waals surface area contributed by atoms with E-state index in [0.29, 0.717) is 5.39 Å². The van der Waals surface area contributed by atoms with Gasteiger partial charge in [-0.3, -0.25) is 15.2 Å². The number of para-hydroxylation sites is 1. The lowest BCUT2D eigenvalue weighted by atomic mass is 9.89. The molecule has 1 aliphatic heterocycles. The Hall–Kier alpha value is -3.69. The fourth-order valence-corrected chi connectivity index (χ4v) is 5.50. The number of aromatic nitrogens is 4. The predicted octanol–water partition coefficient (Wildman–Crippen LogP) is 4.49. The van der Waals surface area contributed by atoms with Crippen molar-refractivity contribution in [1.82, 2.24) is 24.4 Å². The van der Waals surface area contributed by atoms with E-state index in [1.165, 1.54) is 6.20 Å². The number of hydrogen-bond donors (Lipinski definition) is 3. The van der Waals surface area contributed by atoms with Crippen molar-refractivity contribution in [3.63, 3.8) is 0 Å². The largest absolute Gasteiger partial charge is 0.333 e. The van der Waals surface area contributed by atoms with Crippen molar-refractivity contribution in [3.8, 4) is 5.69 Å². The third kappa shape index (κ3) is 4.04. The fourth-order valence-electron chi connectivity index (χ4n) is 4.93. The normalized spacial score (nSPS) is 17.2. The maximum atomic E-state index is 12.9. The summed E-state index contributed by atoms with van der Waals surface area (Å²) in [5.41, 5.74) is 2.74. The van der Waals surface area contributed by atoms with E-state index in [-0.39, 0.29) is 50.8 Å². The average Bonchev–Trinajstić information content (AvgIpc) is 2.80. The van der Waals surface area contributed by atoms with Crippen LogP contribution < -0.4 is 16.5 Å². The number of halogens is 2. The molecule has 5 rings (SSSR count). The van der Waals surface area contributed by atoms with E-state index in [1.54, 1.807) is 25.1 Å². The Morgan fingerprint density at radius 1 is 1.19 bits per heavy atom. The highest BCUT2D eigenvalue weighted by atomic mass is 35.5. The van der Waals surface area contributed by atoms with Gasteiger partial charge in [0.1, 0.15) is 5.49 Å². The first-order chi connectivity index (χ1) is 17.2. The molecule has 2 atom stereocenters. The molecule has 0 radical (unpaired) electrons. The molecule has 3 N–H and O–H groups in total. The Morgan fingerprint density at radius 2 is 1.92 bits per heavy atom. The zero-order valence-corrected chi connectivity index (χ0v) is 21.3. The first-order valence-electron chi connectivity index (χ1n) is 11.4. The average molecular weight is 524 g/mol. The summed E-state index contributed by atoms with van der Waals surface area (Å²) in [6.45, 7) is 5.68. The molecule has 4 aromatic rings. The molecule has 9 nitrogen and oxygen atoms in total. The van der Waals surface area contributed by atoms with Gasteiger partial charge in [-0.25, -0.2) is 14.3 Å². The molecule has 2 aromatic heterocycles. The summed E-state index contributed by atoms with van der Waals surface area (Å²) in [6, 6.07) is 10.9. The van der Waals surface area contributed by atoms with Gasteiger partial charge in [0.05, 0.1) is 27.2 Å². The lowest BCUT2D eigenvalue weighted by Gasteiger charge is -2.40. The van der Waals surface area contributed by atoms with E-state index in [1.807, 2.05) is 36.9 Å². The highest BCUT2D eigenvalue weighted by Gasteiger charge is 2.30. The molecule has 0 saturated carbocycles. The van der Waals surface area contributed by atoms with Gasteiger partial charge in [-0.05, 0) is 55.7 Å². The van der Waals surface area contributed by atoms with Gasteiger partial charge >= 0.3 is 5.69 Å². The van der Waals surface area contributed by atoms with E-state index in [0.717, 1.165) is 27.8 Å². The Bertz CT molecular complexity index is 1630. The molecule has 0 saturated heterocycles. The van der Waals surface area contributed by atoms with Gasteiger partial charge in [-0.2, -0.15) is 4.98 Å². The smallest absolute Gasteiger partial charge is 0.333 e. The van der Waals surface area contributed by atoms with Gasteiger partial charge in [0.25, 0.3) is 0 Å². The molecule has 0 fully saturated rings. The van der Waals surface area contributed by atoms with Gasteiger partial charge < -0.3 is 10.2 Å². The number of nitrogens with one attached hydrogen (secondary N) is 3. The number of nitrogens with zero attached hydrogens (tertiary/aromatic N) is 4. The van der Waals surface area contributed by atoms with Gasteiger partial charge in [-0.15, -0.1) is 0 Å². The van der Waals surface area contributed by atoms with Gasteiger partial charge in [0.2, 0.25) is 11.9 Å². The van der Waals surface area contributed by atoms with Crippen LogP contribution in [-0.4, -0.2) is 36.4 Å². The minimum absolute atomic E-state index is 0.00825. The van der Waals surface area contributed by atoms with Crippen molar-refractivity contribution in [3.05, 3.63) is 79.7 Å². The van der Waals surface area contributed by atoms with Crippen LogP contribution in [0.15, 0.2) is 47.4 Å². The quantitative estimate of drug-likeness (QED) is 0.365. The maximum absolute atomic E-state index is 12.9. The summed E-state index contributed by atoms with van der Waals surface area (Å²) in [5, 5.41) is 12.6. The molecular formula is C25H23Cl2N7O2. The Morgan fingerprint density at radius 3 is 2.61 bits per heavy atom. The molecule has 11 heteroatoms. The maximum Gasteiger partial charge on any atom is 0.333 e. The van der Waals surface area contributed by atoms with Gasteiger partial charge in [0.15, 0.2) is 5.65 Å². The molecule has 184 valence electrons. The van der Waals surface area contributed by atoms with Crippen molar-refractivity contribution in [1.29, 1.82) is 5.41 Å². The summed E-state index contributed by atoms with van der Waals surface area (Å²) in [6.07, 6.45) is 2.21. The lowest BCUT2D eigenvalue weighted by molar-refractivity contribution is -0.133. The van der Waals surface area contributed by atoms with Crippen LogP contribution >= 0.6 is 23.2 Å². The van der Waals surface area contributed by atoms with Crippen LogP contribution in [0.1, 0.15) is 37.9 Å². The molecule has 0 spiro atoms. The molecular weight excluding hydrogens is 501 g/mol. The van der Waals surface area contributed by atoms with Crippen LogP contribution in [0.25, 0.3) is 16.7 Å². The minimum atomic E-state index is -0.598. The van der Waals surface area contributed by atoms with E-state index >= 15 is 0 Å². The van der Waals surface area contributed by atoms with Crippen LogP contribution in [0.3, 0.4) is 0 Å². The Kier molecular flexibility index (Phi) is 6.05. The van der Waals surface area contributed by atoms with Crippen LogP contribution in [0.4, 0.5) is 11.6 Å². The third-order valence-electron chi connectivity index (χ3n) is 6.48. The predicted molar refractivity (Wildman–Crippen MR) is 139 cm³/mol. The monoisotopic (exact) mass is 523 g/mol. The van der Waals surface area contributed by atoms with Crippen molar-refractivity contribution < 1.29 is 4.79 Å². The number of carbonyl (C=O) groups is 1. The second-order valence-electron chi connectivity index (χ2n) is 8.83. The van der Waals surface area contributed by atoms with Crippen molar-refractivity contribution in [2.24, 2.45) is 0 Å². The molecule has 0 aliphatic carbocycles. The molecule has 0 bridgehead atoms. The zero-order valence-electron chi connectivity index (χ0n) is 19.8. The zero-order chi connectivity index (χ0) is 25.7. The second kappa shape index (κ2) is 9.07. The molecule has 2 aromatic carbocycles. The number of aromatic amines is 1. The van der Waals surface area contributed by atoms with Crippen LogP contribution in [0, 0.1) is 5.41 Å². The minimum Gasteiger partial charge on any atom is -0.333 e. The standard InChI is InChI=1S/C25H23Cl2N7O2/c1-12-9-15-10-16(7-8-17(15)13(2)33(12)14(3)35)30-24-29-11-18-22(28)34(25(36)32-23(18)31-24)21-19(26)5-4-6-20(21)27/h4-8,10-13,28H,9H2,1-3H3,(H2,29,30,31,32,36). The van der Waals surface area contributed by atoms with Crippen molar-refractivity contribution in [2.75, 3.05) is 5.32 Å². The molecule has 1 amide bonds. The number of carbonyl (C=O) groups excluding carboxylic acids is 1. The summed E-state index contributed by atoms with van der Waals surface area (Å²) in [4.78, 5) is 38.3. The number of benzene rings is 2. The van der Waals surface area contributed by atoms with Crippen LogP contribution in [0.2, 0.25) is 10.0 Å². The number of rotatable bonds is 3. The third-order valence-corrected chi connectivity index (χ3v) is 7.09. The van der Waals surface area contributed by atoms with Crippen LogP contribution in [0.5, 0.6) is 0 Å². The van der Waals surface area contributed by atoms with E-state index in [4.69, 9.17) is 28.6 Å². The first kappa shape index (κ1) is 24.0. The number of H-pyrrole nitrogens is 1. The topological polar surface area (TPSA) is 120 Å². The van der Waals surface area contributed by atoms with Crippen LogP contribution in [-0.2, 0) is 11.2 Å². The number of anilines is 2. The highest BCUT2D eigenvalue weighted by Crippen LogP contribution is 2.34. The van der Waals surface area contributed by atoms with E-state index < -0.39 is 5.69 Å². The lowest BCUT2D eigenvalue weighted by Crippen LogP contribution is -2.43. The number of amides is 1. The molecule has 36 heavy (non-hydrogen) atoms. The fraction of sp³-hybridized carbons (Fsp3) is 0.240. The highest BCUT2D eigenvalue weighted by molar-refractivity contribution is 6.37. The van der Waals surface area contributed by atoms with Gasteiger partial charge in [-0.1, -0.05) is 35.3 Å². The summed E-state index contributed by atoms with van der Waals surface area (Å²) >= 11 is 12.5. The molecule has 2 unspecified atom stereocenters. The van der Waals surface area contributed by atoms with E-state index in [9.17, 15) is 9.59 Å². The number of hydrogen-bond acceptors (Lipinski definition) is 6. The molecule has 3 heterocycles. The van der Waals surface area contributed by atoms with Crippen molar-refractivity contribution >= 4 is 51.8 Å². The summed E-state index contributed by atoms with van der Waals surface area (Å²) < 4.78 is 1.10. The summed E-state index contributed by atoms with van der Waals surface area (Å²) in [7, 11) is 0. The Balaban J connectivity index is 1.50. The second-order valence-corrected chi connectivity index (χ2v) is 9.65. The summed E-state index contributed by atoms with van der Waals surface area (Å²) in [5.74, 6) is 0.335. The van der Waals surface area contributed by atoms with Crippen molar-refractivity contribution in [2.45, 2.75) is 39.3 Å². The van der Waals surface area contributed by atoms with E-state index in [2.05, 4.69) is 20.3 Å².